The van der Waals surface area contributed by atoms with Crippen molar-refractivity contribution in [3.05, 3.63) is 60.2 Å². The summed E-state index contributed by atoms with van der Waals surface area (Å²) < 4.78 is 11.2. The summed E-state index contributed by atoms with van der Waals surface area (Å²) in [6.45, 7) is 1.24. The molecule has 0 spiro atoms. The molecule has 5 heteroatoms. The van der Waals surface area contributed by atoms with Crippen molar-refractivity contribution >= 4 is 11.8 Å². The highest BCUT2D eigenvalue weighted by molar-refractivity contribution is 6.39. The van der Waals surface area contributed by atoms with Crippen LogP contribution in [0.2, 0.25) is 0 Å². The van der Waals surface area contributed by atoms with Crippen LogP contribution in [0.3, 0.4) is 0 Å². The standard InChI is InChI=1S/C19H20O5/c20-18(19(21)22)15-9-11-17(12-10-15)24-14-6-2-5-13-23-16-7-3-1-4-8-16/h1,3-4,7-12H,2,5-6,13-14H2,(H,21,22). The molecule has 2 aromatic rings. The number of rotatable bonds is 10. The molecule has 0 aliphatic heterocycles. The summed E-state index contributed by atoms with van der Waals surface area (Å²) in [5, 5.41) is 8.63. The number of aliphatic carboxylic acids is 1. The predicted octanol–water partition coefficient (Wildman–Crippen LogP) is 3.58. The molecule has 0 amide bonds. The second-order valence-corrected chi connectivity index (χ2v) is 5.23. The summed E-state index contributed by atoms with van der Waals surface area (Å²) in [5.41, 5.74) is 0.146. The maximum Gasteiger partial charge on any atom is 0.377 e. The fourth-order valence-electron chi connectivity index (χ4n) is 2.10. The van der Waals surface area contributed by atoms with Gasteiger partial charge in [0.1, 0.15) is 11.5 Å². The first kappa shape index (κ1) is 17.5. The number of para-hydroxylation sites is 1. The van der Waals surface area contributed by atoms with Gasteiger partial charge in [-0.25, -0.2) is 4.79 Å². The molecule has 0 fully saturated rings. The van der Waals surface area contributed by atoms with Crippen LogP contribution in [-0.2, 0) is 4.79 Å². The van der Waals surface area contributed by atoms with Gasteiger partial charge in [-0.3, -0.25) is 4.79 Å². The van der Waals surface area contributed by atoms with Crippen molar-refractivity contribution in [1.82, 2.24) is 0 Å². The SMILES string of the molecule is O=C(O)C(=O)c1ccc(OCCCCCOc2ccccc2)cc1. The third-order valence-electron chi connectivity index (χ3n) is 3.38. The Morgan fingerprint density at radius 2 is 1.29 bits per heavy atom. The second-order valence-electron chi connectivity index (χ2n) is 5.23. The average molecular weight is 328 g/mol. The van der Waals surface area contributed by atoms with Gasteiger partial charge in [-0.05, 0) is 55.7 Å². The number of benzene rings is 2. The normalized spacial score (nSPS) is 10.2. The molecule has 0 unspecified atom stereocenters. The number of Topliss-reactive ketones (excluding diaryl/α,β-unsaturated/α-hetero) is 1. The summed E-state index contributed by atoms with van der Waals surface area (Å²) in [5.74, 6) is -0.872. The van der Waals surface area contributed by atoms with E-state index in [1.807, 2.05) is 30.3 Å². The Morgan fingerprint density at radius 1 is 0.750 bits per heavy atom. The van der Waals surface area contributed by atoms with Crippen molar-refractivity contribution in [3.8, 4) is 11.5 Å². The first-order chi connectivity index (χ1) is 11.7. The number of unbranched alkanes of at least 4 members (excludes halogenated alkanes) is 2. The van der Waals surface area contributed by atoms with Crippen molar-refractivity contribution in [2.24, 2.45) is 0 Å². The number of carboxylic acids is 1. The third kappa shape index (κ3) is 5.76. The van der Waals surface area contributed by atoms with E-state index in [0.29, 0.717) is 19.0 Å². The molecule has 0 saturated heterocycles. The second kappa shape index (κ2) is 9.35. The van der Waals surface area contributed by atoms with Crippen LogP contribution in [0.5, 0.6) is 11.5 Å². The van der Waals surface area contributed by atoms with E-state index in [1.165, 1.54) is 12.1 Å². The largest absolute Gasteiger partial charge is 0.494 e. The molecule has 1 N–H and O–H groups in total. The van der Waals surface area contributed by atoms with Gasteiger partial charge in [0.2, 0.25) is 0 Å². The van der Waals surface area contributed by atoms with Crippen molar-refractivity contribution in [1.29, 1.82) is 0 Å². The van der Waals surface area contributed by atoms with E-state index < -0.39 is 11.8 Å². The van der Waals surface area contributed by atoms with Crippen LogP contribution in [0.25, 0.3) is 0 Å². The number of hydrogen-bond acceptors (Lipinski definition) is 4. The van der Waals surface area contributed by atoms with Crippen LogP contribution in [0, 0.1) is 0 Å². The summed E-state index contributed by atoms with van der Waals surface area (Å²) >= 11 is 0. The number of hydrogen-bond donors (Lipinski definition) is 1. The number of carbonyl (C=O) groups excluding carboxylic acids is 1. The van der Waals surface area contributed by atoms with Crippen LogP contribution in [0.1, 0.15) is 29.6 Å². The predicted molar refractivity (Wildman–Crippen MR) is 89.7 cm³/mol. The van der Waals surface area contributed by atoms with E-state index in [-0.39, 0.29) is 5.56 Å². The van der Waals surface area contributed by atoms with Crippen molar-refractivity contribution < 1.29 is 24.2 Å². The van der Waals surface area contributed by atoms with E-state index in [2.05, 4.69) is 0 Å². The minimum atomic E-state index is -1.46. The van der Waals surface area contributed by atoms with Gasteiger partial charge in [0, 0.05) is 5.56 Å². The van der Waals surface area contributed by atoms with Gasteiger partial charge in [0.05, 0.1) is 13.2 Å². The summed E-state index contributed by atoms with van der Waals surface area (Å²) in [6.07, 6.45) is 2.83. The Morgan fingerprint density at radius 3 is 1.83 bits per heavy atom. The lowest BCUT2D eigenvalue weighted by Gasteiger charge is -2.07. The van der Waals surface area contributed by atoms with Crippen LogP contribution in [0.4, 0.5) is 0 Å². The number of carbonyl (C=O) groups is 2. The molecule has 0 atom stereocenters. The van der Waals surface area contributed by atoms with Gasteiger partial charge < -0.3 is 14.6 Å². The van der Waals surface area contributed by atoms with E-state index in [4.69, 9.17) is 14.6 Å². The molecule has 0 heterocycles. The van der Waals surface area contributed by atoms with E-state index in [9.17, 15) is 9.59 Å². The average Bonchev–Trinajstić information content (AvgIpc) is 2.61. The molecule has 0 aromatic heterocycles. The molecule has 0 radical (unpaired) electrons. The Hall–Kier alpha value is -2.82. The molecular formula is C19H20O5. The van der Waals surface area contributed by atoms with Crippen LogP contribution in [-0.4, -0.2) is 30.1 Å². The van der Waals surface area contributed by atoms with Gasteiger partial charge in [0.25, 0.3) is 5.78 Å². The lowest BCUT2D eigenvalue weighted by atomic mass is 10.1. The molecular weight excluding hydrogens is 308 g/mol. The quantitative estimate of drug-likeness (QED) is 0.410. The highest BCUT2D eigenvalue weighted by atomic mass is 16.5. The monoisotopic (exact) mass is 328 g/mol. The van der Waals surface area contributed by atoms with Crippen molar-refractivity contribution in [2.75, 3.05) is 13.2 Å². The molecule has 24 heavy (non-hydrogen) atoms. The van der Waals surface area contributed by atoms with Crippen LogP contribution in [0.15, 0.2) is 54.6 Å². The Labute approximate surface area is 140 Å². The van der Waals surface area contributed by atoms with Crippen LogP contribution >= 0.6 is 0 Å². The molecule has 0 saturated carbocycles. The minimum absolute atomic E-state index is 0.146. The van der Waals surface area contributed by atoms with Crippen LogP contribution < -0.4 is 9.47 Å². The lowest BCUT2D eigenvalue weighted by Crippen LogP contribution is -2.12. The van der Waals surface area contributed by atoms with E-state index in [0.717, 1.165) is 25.0 Å². The Kier molecular flexibility index (Phi) is 6.83. The molecule has 126 valence electrons. The topological polar surface area (TPSA) is 72.8 Å². The maximum atomic E-state index is 11.3. The van der Waals surface area contributed by atoms with Crippen molar-refractivity contribution in [3.63, 3.8) is 0 Å². The van der Waals surface area contributed by atoms with Gasteiger partial charge in [-0.15, -0.1) is 0 Å². The molecule has 2 rings (SSSR count). The number of ether oxygens (including phenoxy) is 2. The van der Waals surface area contributed by atoms with Gasteiger partial charge >= 0.3 is 5.97 Å². The smallest absolute Gasteiger partial charge is 0.377 e. The summed E-state index contributed by atoms with van der Waals surface area (Å²) in [7, 11) is 0. The van der Waals surface area contributed by atoms with Gasteiger partial charge in [-0.1, -0.05) is 18.2 Å². The first-order valence-electron chi connectivity index (χ1n) is 7.85. The van der Waals surface area contributed by atoms with E-state index >= 15 is 0 Å². The van der Waals surface area contributed by atoms with E-state index in [1.54, 1.807) is 12.1 Å². The molecule has 0 aliphatic carbocycles. The minimum Gasteiger partial charge on any atom is -0.494 e. The Bertz CT molecular complexity index is 649. The zero-order valence-electron chi connectivity index (χ0n) is 13.3. The fourth-order valence-corrected chi connectivity index (χ4v) is 2.10. The summed E-state index contributed by atoms with van der Waals surface area (Å²) in [4.78, 5) is 21.8. The number of carboxylic acid groups (broad SMARTS) is 1. The third-order valence-corrected chi connectivity index (χ3v) is 3.38. The number of ketones is 1. The first-order valence-corrected chi connectivity index (χ1v) is 7.85. The zero-order chi connectivity index (χ0) is 17.2. The van der Waals surface area contributed by atoms with Crippen molar-refractivity contribution in [2.45, 2.75) is 19.3 Å². The molecule has 0 aliphatic rings. The maximum absolute atomic E-state index is 11.3. The van der Waals surface area contributed by atoms with Gasteiger partial charge in [0.15, 0.2) is 0 Å². The molecule has 2 aromatic carbocycles. The van der Waals surface area contributed by atoms with Gasteiger partial charge in [-0.2, -0.15) is 0 Å². The fraction of sp³-hybridized carbons (Fsp3) is 0.263. The molecule has 5 nitrogen and oxygen atoms in total. The molecule has 0 bridgehead atoms. The lowest BCUT2D eigenvalue weighted by molar-refractivity contribution is -0.131. The summed E-state index contributed by atoms with van der Waals surface area (Å²) in [6, 6.07) is 15.8. The highest BCUT2D eigenvalue weighted by Gasteiger charge is 2.13. The highest BCUT2D eigenvalue weighted by Crippen LogP contribution is 2.14. The Balaban J connectivity index is 1.59. The zero-order valence-corrected chi connectivity index (χ0v) is 13.3.